The Balaban J connectivity index is 1.19. The Hall–Kier alpha value is -4.60. The third kappa shape index (κ3) is 5.97. The summed E-state index contributed by atoms with van der Waals surface area (Å²) in [6, 6.07) is 5.74. The minimum atomic E-state index is -0.751. The van der Waals surface area contributed by atoms with Gasteiger partial charge in [0.05, 0.1) is 24.2 Å². The highest BCUT2D eigenvalue weighted by Gasteiger charge is 2.57. The van der Waals surface area contributed by atoms with Gasteiger partial charge in [0, 0.05) is 66.8 Å². The van der Waals surface area contributed by atoms with E-state index in [4.69, 9.17) is 25.9 Å². The molecule has 3 saturated heterocycles. The van der Waals surface area contributed by atoms with Crippen LogP contribution in [-0.2, 0) is 9.53 Å². The van der Waals surface area contributed by atoms with Crippen LogP contribution >= 0.6 is 0 Å². The van der Waals surface area contributed by atoms with E-state index in [2.05, 4.69) is 32.9 Å². The van der Waals surface area contributed by atoms with Crippen molar-refractivity contribution in [2.75, 3.05) is 50.9 Å². The fourth-order valence-corrected chi connectivity index (χ4v) is 9.35. The number of aromatic hydroxyl groups is 1. The second-order valence-corrected chi connectivity index (χ2v) is 15.0. The Bertz CT molecular complexity index is 2080. The number of fused-ring (bicyclic) bond motifs is 3. The number of halogens is 2. The largest absolute Gasteiger partial charge is 0.508 e. The highest BCUT2D eigenvalue weighted by Crippen LogP contribution is 2.55. The van der Waals surface area contributed by atoms with Gasteiger partial charge in [0.2, 0.25) is 5.91 Å². The van der Waals surface area contributed by atoms with Gasteiger partial charge in [0.1, 0.15) is 28.6 Å². The fourth-order valence-electron chi connectivity index (χ4n) is 9.35. The molecule has 2 N–H and O–H groups in total. The van der Waals surface area contributed by atoms with Gasteiger partial charge in [0.25, 0.3) is 0 Å². The smallest absolute Gasteiger partial charge is 0.319 e. The summed E-state index contributed by atoms with van der Waals surface area (Å²) in [7, 11) is 0. The van der Waals surface area contributed by atoms with Crippen LogP contribution < -0.4 is 15.0 Å². The van der Waals surface area contributed by atoms with E-state index in [0.717, 1.165) is 64.5 Å². The molecule has 1 saturated carbocycles. The van der Waals surface area contributed by atoms with Gasteiger partial charge in [-0.2, -0.15) is 9.97 Å². The molecule has 8 rings (SSSR count). The van der Waals surface area contributed by atoms with Crippen LogP contribution in [0.5, 0.6) is 11.8 Å². The van der Waals surface area contributed by atoms with E-state index in [1.54, 1.807) is 0 Å². The molecule has 5 heterocycles. The molecule has 4 aliphatic rings. The Morgan fingerprint density at radius 3 is 2.81 bits per heavy atom. The molecule has 2 aromatic heterocycles. The molecular formula is C40H44F2N6O4. The number of aromatic nitrogens is 3. The van der Waals surface area contributed by atoms with Crippen LogP contribution in [0.3, 0.4) is 0 Å². The van der Waals surface area contributed by atoms with Crippen LogP contribution in [0.1, 0.15) is 70.3 Å². The van der Waals surface area contributed by atoms with E-state index in [9.17, 15) is 14.3 Å². The van der Waals surface area contributed by atoms with E-state index >= 15 is 4.39 Å². The number of ether oxygens (including phenoxy) is 2. The lowest BCUT2D eigenvalue weighted by molar-refractivity contribution is -0.124. The number of nitrogens with zero attached hydrogens (tertiary/aromatic N) is 5. The molecule has 10 nitrogen and oxygen atoms in total. The SMILES string of the molecule is C#Cc1c(F)ccc2cc(O)cc(-c3ncc4c(N5CCCOCC5)nc(OC[C@@]56CCCN(CC7CCCC(=O)N7)[C@]5(C)CCC6)nc4c3F)c12. The Kier molecular flexibility index (Phi) is 9.12. The first-order chi connectivity index (χ1) is 25.2. The molecule has 12 heteroatoms. The van der Waals surface area contributed by atoms with Crippen molar-refractivity contribution < 1.29 is 28.2 Å². The average molecular weight is 711 g/mol. The summed E-state index contributed by atoms with van der Waals surface area (Å²) in [6.45, 7) is 6.78. The lowest BCUT2D eigenvalue weighted by atomic mass is 9.66. The van der Waals surface area contributed by atoms with Gasteiger partial charge in [-0.1, -0.05) is 18.4 Å². The zero-order chi connectivity index (χ0) is 36.0. The zero-order valence-corrected chi connectivity index (χ0v) is 29.5. The maximum absolute atomic E-state index is 17.0. The first-order valence-corrected chi connectivity index (χ1v) is 18.5. The van der Waals surface area contributed by atoms with E-state index in [1.165, 1.54) is 30.5 Å². The van der Waals surface area contributed by atoms with Crippen LogP contribution in [0.25, 0.3) is 32.9 Å². The highest BCUT2D eigenvalue weighted by atomic mass is 19.1. The lowest BCUT2D eigenvalue weighted by Crippen LogP contribution is -2.63. The number of piperidine rings is 2. The van der Waals surface area contributed by atoms with Crippen molar-refractivity contribution in [1.82, 2.24) is 25.2 Å². The fraction of sp³-hybridized carbons (Fsp3) is 0.500. The molecule has 1 unspecified atom stereocenters. The minimum absolute atomic E-state index is 0.00955. The number of terminal acetylenes is 1. The van der Waals surface area contributed by atoms with Gasteiger partial charge in [0.15, 0.2) is 5.82 Å². The number of hydrogen-bond donors (Lipinski definition) is 2. The molecule has 1 amide bonds. The summed E-state index contributed by atoms with van der Waals surface area (Å²) < 4.78 is 44.3. The Morgan fingerprint density at radius 2 is 1.96 bits per heavy atom. The molecule has 3 aliphatic heterocycles. The average Bonchev–Trinajstić information content (AvgIpc) is 3.28. The van der Waals surface area contributed by atoms with Crippen molar-refractivity contribution in [3.63, 3.8) is 0 Å². The number of hydrogen-bond acceptors (Lipinski definition) is 9. The van der Waals surface area contributed by atoms with Crippen molar-refractivity contribution in [1.29, 1.82) is 0 Å². The maximum Gasteiger partial charge on any atom is 0.319 e. The van der Waals surface area contributed by atoms with Gasteiger partial charge in [-0.05, 0) is 82.0 Å². The van der Waals surface area contributed by atoms with Gasteiger partial charge >= 0.3 is 6.01 Å². The van der Waals surface area contributed by atoms with E-state index < -0.39 is 11.6 Å². The van der Waals surface area contributed by atoms with Crippen LogP contribution in [0, 0.1) is 29.4 Å². The zero-order valence-electron chi connectivity index (χ0n) is 29.5. The standard InChI is InChI=1S/C40H44F2N6O4/c1-3-28-31(41)11-10-25-20-27(49)21-29(33(25)28)35-34(42)36-30(22-43-35)37(47-15-7-18-51-19-17-47)46-38(45-36)52-24-40-13-5-12-39(40,2)48(16-6-14-40)23-26-8-4-9-32(50)44-26/h1,10-11,20-22,26,49H,4-9,12-19,23-24H2,2H3,(H,44,50)/t26?,39-,40-/m1/s1. The third-order valence-electron chi connectivity index (χ3n) is 12.1. The number of phenols is 1. The third-order valence-corrected chi connectivity index (χ3v) is 12.1. The van der Waals surface area contributed by atoms with Crippen LogP contribution in [0.2, 0.25) is 0 Å². The number of likely N-dealkylation sites (tertiary alicyclic amines) is 1. The summed E-state index contributed by atoms with van der Waals surface area (Å²) in [6.07, 6.45) is 15.6. The monoisotopic (exact) mass is 710 g/mol. The molecule has 0 bridgehead atoms. The number of phenolic OH excluding ortho intramolecular Hbond substituents is 1. The quantitative estimate of drug-likeness (QED) is 0.220. The normalized spacial score (nSPS) is 25.5. The number of anilines is 1. The minimum Gasteiger partial charge on any atom is -0.508 e. The molecule has 0 spiro atoms. The molecule has 3 atom stereocenters. The van der Waals surface area contributed by atoms with Crippen molar-refractivity contribution in [2.24, 2.45) is 5.41 Å². The topological polar surface area (TPSA) is 113 Å². The molecule has 272 valence electrons. The van der Waals surface area contributed by atoms with E-state index in [1.807, 2.05) is 0 Å². The Labute approximate surface area is 301 Å². The summed E-state index contributed by atoms with van der Waals surface area (Å²) >= 11 is 0. The first kappa shape index (κ1) is 34.5. The number of carbonyl (C=O) groups excluding carboxylic acids is 1. The molecule has 52 heavy (non-hydrogen) atoms. The predicted molar refractivity (Wildman–Crippen MR) is 194 cm³/mol. The molecule has 0 radical (unpaired) electrons. The van der Waals surface area contributed by atoms with Crippen molar-refractivity contribution in [3.8, 4) is 35.4 Å². The van der Waals surface area contributed by atoms with E-state index in [0.29, 0.717) is 55.9 Å². The van der Waals surface area contributed by atoms with E-state index in [-0.39, 0.29) is 62.4 Å². The second-order valence-electron chi connectivity index (χ2n) is 15.0. The molecule has 1 aliphatic carbocycles. The second kappa shape index (κ2) is 13.7. The van der Waals surface area contributed by atoms with Crippen molar-refractivity contribution in [3.05, 3.63) is 47.7 Å². The summed E-state index contributed by atoms with van der Waals surface area (Å²) in [5.74, 6) is 1.51. The molecule has 2 aromatic carbocycles. The molecule has 4 aromatic rings. The number of carbonyl (C=O) groups is 1. The highest BCUT2D eigenvalue weighted by molar-refractivity contribution is 6.03. The van der Waals surface area contributed by atoms with Crippen molar-refractivity contribution in [2.45, 2.75) is 76.3 Å². The lowest BCUT2D eigenvalue weighted by Gasteiger charge is -2.55. The van der Waals surface area contributed by atoms with Crippen LogP contribution in [0.4, 0.5) is 14.6 Å². The van der Waals surface area contributed by atoms with Gasteiger partial charge in [-0.25, -0.2) is 8.78 Å². The first-order valence-electron chi connectivity index (χ1n) is 18.5. The number of rotatable bonds is 7. The van der Waals surface area contributed by atoms with Gasteiger partial charge in [-0.3, -0.25) is 14.7 Å². The van der Waals surface area contributed by atoms with Crippen LogP contribution in [-0.4, -0.2) is 88.4 Å². The predicted octanol–water partition coefficient (Wildman–Crippen LogP) is 6.11. The summed E-state index contributed by atoms with van der Waals surface area (Å²) in [5, 5.41) is 15.0. The Morgan fingerprint density at radius 1 is 1.10 bits per heavy atom. The van der Waals surface area contributed by atoms with Crippen molar-refractivity contribution >= 4 is 33.4 Å². The van der Waals surface area contributed by atoms with Crippen LogP contribution in [0.15, 0.2) is 30.5 Å². The number of amides is 1. The molecule has 4 fully saturated rings. The summed E-state index contributed by atoms with van der Waals surface area (Å²) in [5.41, 5.74) is -0.309. The van der Waals surface area contributed by atoms with Gasteiger partial charge < -0.3 is 24.8 Å². The number of nitrogens with one attached hydrogen (secondary N) is 1. The van der Waals surface area contributed by atoms with Gasteiger partial charge in [-0.15, -0.1) is 6.42 Å². The number of pyridine rings is 1. The summed E-state index contributed by atoms with van der Waals surface area (Å²) in [4.78, 5) is 31.0. The number of benzene rings is 2. The molecular weight excluding hydrogens is 666 g/mol. The maximum atomic E-state index is 17.0.